The molecule has 0 unspecified atom stereocenters. The van der Waals surface area contributed by atoms with Gasteiger partial charge in [-0.3, -0.25) is 14.4 Å². The Morgan fingerprint density at radius 1 is 1.40 bits per heavy atom. The summed E-state index contributed by atoms with van der Waals surface area (Å²) >= 11 is 0. The second-order valence-corrected chi connectivity index (χ2v) is 5.23. The van der Waals surface area contributed by atoms with Crippen LogP contribution in [0.1, 0.15) is 32.6 Å². The zero-order valence-electron chi connectivity index (χ0n) is 12.2. The van der Waals surface area contributed by atoms with Crippen LogP contribution in [0.3, 0.4) is 0 Å². The van der Waals surface area contributed by atoms with Crippen molar-refractivity contribution in [2.45, 2.75) is 38.1 Å². The quantitative estimate of drug-likeness (QED) is 0.772. The van der Waals surface area contributed by atoms with Crippen LogP contribution in [0.4, 0.5) is 0 Å². The highest BCUT2D eigenvalue weighted by Crippen LogP contribution is 2.44. The van der Waals surface area contributed by atoms with Crippen LogP contribution in [0.25, 0.3) is 0 Å². The molecule has 0 saturated carbocycles. The lowest BCUT2D eigenvalue weighted by Gasteiger charge is -2.35. The van der Waals surface area contributed by atoms with Gasteiger partial charge in [0.15, 0.2) is 5.78 Å². The molecule has 0 aromatic rings. The number of hydrogen-bond donors (Lipinski definition) is 0. The molecule has 1 fully saturated rings. The van der Waals surface area contributed by atoms with Crippen LogP contribution >= 0.6 is 0 Å². The van der Waals surface area contributed by atoms with Crippen molar-refractivity contribution in [3.63, 3.8) is 0 Å². The van der Waals surface area contributed by atoms with Gasteiger partial charge in [-0.05, 0) is 25.0 Å². The molecular formula is C15H21NO4. The Labute approximate surface area is 119 Å². The number of nitrogens with zero attached hydrogens (tertiary/aromatic N) is 1. The Morgan fingerprint density at radius 2 is 2.15 bits per heavy atom. The fourth-order valence-corrected chi connectivity index (χ4v) is 3.01. The Hall–Kier alpha value is -1.62. The molecule has 0 N–H and O–H groups in total. The average molecular weight is 279 g/mol. The monoisotopic (exact) mass is 279 g/mol. The maximum atomic E-state index is 12.5. The van der Waals surface area contributed by atoms with E-state index in [2.05, 4.69) is 6.92 Å². The van der Waals surface area contributed by atoms with Gasteiger partial charge in [0.25, 0.3) is 5.91 Å². The maximum Gasteiger partial charge on any atom is 0.250 e. The van der Waals surface area contributed by atoms with Crippen LogP contribution < -0.4 is 0 Å². The van der Waals surface area contributed by atoms with Gasteiger partial charge in [-0.2, -0.15) is 0 Å². The molecule has 5 nitrogen and oxygen atoms in total. The Kier molecular flexibility index (Phi) is 4.28. The molecule has 1 spiro atoms. The highest BCUT2D eigenvalue weighted by Gasteiger charge is 2.54. The summed E-state index contributed by atoms with van der Waals surface area (Å²) in [5.41, 5.74) is -0.771. The standard InChI is InChI=1S/C15H21NO4/c1-4-5-6-11-10-15(16(20-3)14(11)18)8-7-12(17)9-13(15)19-2/h7-9,11H,4-6,10H2,1-3H3/t11-,15-/m0/s1. The van der Waals surface area contributed by atoms with Crippen molar-refractivity contribution in [3.05, 3.63) is 24.0 Å². The van der Waals surface area contributed by atoms with E-state index in [1.807, 2.05) is 0 Å². The van der Waals surface area contributed by atoms with Gasteiger partial charge in [0.2, 0.25) is 0 Å². The third kappa shape index (κ3) is 2.26. The minimum absolute atomic E-state index is 0.0390. The normalized spacial score (nSPS) is 29.2. The number of methoxy groups -OCH3 is 1. The Balaban J connectivity index is 2.34. The predicted octanol–water partition coefficient (Wildman–Crippen LogP) is 1.99. The molecule has 2 atom stereocenters. The number of carbonyl (C=O) groups excluding carboxylic acids is 2. The lowest BCUT2D eigenvalue weighted by atomic mass is 9.85. The van der Waals surface area contributed by atoms with Crippen LogP contribution in [-0.4, -0.2) is 36.5 Å². The first-order valence-electron chi connectivity index (χ1n) is 6.96. The molecule has 0 aromatic heterocycles. The van der Waals surface area contributed by atoms with E-state index in [0.29, 0.717) is 12.2 Å². The van der Waals surface area contributed by atoms with E-state index < -0.39 is 5.54 Å². The molecular weight excluding hydrogens is 258 g/mol. The van der Waals surface area contributed by atoms with Crippen molar-refractivity contribution in [2.24, 2.45) is 5.92 Å². The molecule has 20 heavy (non-hydrogen) atoms. The molecule has 2 rings (SSSR count). The first-order valence-corrected chi connectivity index (χ1v) is 6.96. The second kappa shape index (κ2) is 5.79. The zero-order valence-corrected chi connectivity index (χ0v) is 12.2. The second-order valence-electron chi connectivity index (χ2n) is 5.23. The van der Waals surface area contributed by atoms with Gasteiger partial charge < -0.3 is 4.74 Å². The first-order chi connectivity index (χ1) is 9.58. The van der Waals surface area contributed by atoms with E-state index in [9.17, 15) is 9.59 Å². The summed E-state index contributed by atoms with van der Waals surface area (Å²) in [7, 11) is 2.98. The highest BCUT2D eigenvalue weighted by molar-refractivity contribution is 6.01. The molecule has 1 heterocycles. The summed E-state index contributed by atoms with van der Waals surface area (Å²) < 4.78 is 5.35. The van der Waals surface area contributed by atoms with E-state index in [1.54, 1.807) is 6.08 Å². The fourth-order valence-electron chi connectivity index (χ4n) is 3.01. The SMILES string of the molecule is CCCC[C@H]1C[C@]2(C=CC(=O)C=C2OC)N(OC)C1=O. The van der Waals surface area contributed by atoms with E-state index >= 15 is 0 Å². The molecule has 5 heteroatoms. The smallest absolute Gasteiger partial charge is 0.250 e. The average Bonchev–Trinajstić information content (AvgIpc) is 2.72. The summed E-state index contributed by atoms with van der Waals surface area (Å²) in [5, 5.41) is 1.35. The van der Waals surface area contributed by atoms with Crippen LogP contribution in [0.15, 0.2) is 24.0 Å². The lowest BCUT2D eigenvalue weighted by molar-refractivity contribution is -0.189. The maximum absolute atomic E-state index is 12.5. The molecule has 0 radical (unpaired) electrons. The summed E-state index contributed by atoms with van der Waals surface area (Å²) in [6, 6.07) is 0. The van der Waals surface area contributed by atoms with Gasteiger partial charge in [-0.1, -0.05) is 19.8 Å². The molecule has 110 valence electrons. The summed E-state index contributed by atoms with van der Waals surface area (Å²) in [6.45, 7) is 2.10. The molecule has 1 saturated heterocycles. The molecule has 2 aliphatic rings. The van der Waals surface area contributed by atoms with E-state index in [1.165, 1.54) is 31.4 Å². The Bertz CT molecular complexity index is 468. The largest absolute Gasteiger partial charge is 0.498 e. The molecule has 1 aliphatic heterocycles. The summed E-state index contributed by atoms with van der Waals surface area (Å²) in [5.74, 6) is 0.210. The lowest BCUT2D eigenvalue weighted by Crippen LogP contribution is -2.46. The van der Waals surface area contributed by atoms with E-state index in [0.717, 1.165) is 19.3 Å². The van der Waals surface area contributed by atoms with Gasteiger partial charge >= 0.3 is 0 Å². The number of ketones is 1. The number of allylic oxidation sites excluding steroid dienone is 2. The van der Waals surface area contributed by atoms with E-state index in [4.69, 9.17) is 9.57 Å². The fraction of sp³-hybridized carbons (Fsp3) is 0.600. The zero-order chi connectivity index (χ0) is 14.8. The van der Waals surface area contributed by atoms with Gasteiger partial charge in [0.05, 0.1) is 14.2 Å². The van der Waals surface area contributed by atoms with Gasteiger partial charge in [-0.15, -0.1) is 0 Å². The topological polar surface area (TPSA) is 55.8 Å². The minimum atomic E-state index is -0.771. The van der Waals surface area contributed by atoms with Crippen molar-refractivity contribution < 1.29 is 19.2 Å². The molecule has 1 aliphatic carbocycles. The van der Waals surface area contributed by atoms with Crippen molar-refractivity contribution >= 4 is 11.7 Å². The van der Waals surface area contributed by atoms with Crippen molar-refractivity contribution in [1.82, 2.24) is 5.06 Å². The molecule has 1 amide bonds. The predicted molar refractivity (Wildman–Crippen MR) is 73.5 cm³/mol. The number of unbranched alkanes of at least 4 members (excludes halogenated alkanes) is 1. The van der Waals surface area contributed by atoms with Crippen LogP contribution in [-0.2, 0) is 19.2 Å². The van der Waals surface area contributed by atoms with Crippen molar-refractivity contribution in [2.75, 3.05) is 14.2 Å². The van der Waals surface area contributed by atoms with Crippen molar-refractivity contribution in [3.8, 4) is 0 Å². The van der Waals surface area contributed by atoms with Crippen LogP contribution in [0.5, 0.6) is 0 Å². The highest BCUT2D eigenvalue weighted by atomic mass is 16.7. The summed E-state index contributed by atoms with van der Waals surface area (Å²) in [4.78, 5) is 29.3. The number of rotatable bonds is 5. The number of amides is 1. The van der Waals surface area contributed by atoms with Crippen molar-refractivity contribution in [1.29, 1.82) is 0 Å². The first kappa shape index (κ1) is 14.8. The third-order valence-corrected chi connectivity index (χ3v) is 4.00. The summed E-state index contributed by atoms with van der Waals surface area (Å²) in [6.07, 6.45) is 8.09. The van der Waals surface area contributed by atoms with Crippen LogP contribution in [0.2, 0.25) is 0 Å². The van der Waals surface area contributed by atoms with E-state index in [-0.39, 0.29) is 17.6 Å². The number of ether oxygens (including phenoxy) is 1. The van der Waals surface area contributed by atoms with Gasteiger partial charge in [0, 0.05) is 12.0 Å². The van der Waals surface area contributed by atoms with Gasteiger partial charge in [0.1, 0.15) is 11.3 Å². The Morgan fingerprint density at radius 3 is 2.75 bits per heavy atom. The third-order valence-electron chi connectivity index (χ3n) is 4.00. The number of carbonyl (C=O) groups is 2. The van der Waals surface area contributed by atoms with Gasteiger partial charge in [-0.25, -0.2) is 5.06 Å². The molecule has 0 bridgehead atoms. The number of hydroxylamine groups is 2. The van der Waals surface area contributed by atoms with Crippen LogP contribution in [0, 0.1) is 5.92 Å². The molecule has 0 aromatic carbocycles. The minimum Gasteiger partial charge on any atom is -0.498 e. The number of hydrogen-bond acceptors (Lipinski definition) is 4.